The standard InChI is InChI=1S/C9H12ClNO3S/c1-2-14-6-15(12,13)9-7(10)4-3-5-8(9)11/h3-5H,2,6,11H2,1H3. The summed E-state index contributed by atoms with van der Waals surface area (Å²) in [5, 5.41) is 0.120. The van der Waals surface area contributed by atoms with Crippen LogP contribution in [0.3, 0.4) is 0 Å². The molecule has 0 aliphatic carbocycles. The first-order valence-electron chi connectivity index (χ1n) is 4.33. The van der Waals surface area contributed by atoms with Crippen LogP contribution in [0, 0.1) is 0 Å². The quantitative estimate of drug-likeness (QED) is 0.825. The minimum absolute atomic E-state index is 0.0554. The van der Waals surface area contributed by atoms with Gasteiger partial charge in [-0.2, -0.15) is 0 Å². The summed E-state index contributed by atoms with van der Waals surface area (Å²) in [7, 11) is -3.56. The molecule has 0 amide bonds. The summed E-state index contributed by atoms with van der Waals surface area (Å²) in [5.74, 6) is -0.405. The molecule has 0 atom stereocenters. The fraction of sp³-hybridized carbons (Fsp3) is 0.333. The summed E-state index contributed by atoms with van der Waals surface area (Å²) < 4.78 is 28.3. The number of hydrogen-bond donors (Lipinski definition) is 1. The summed E-state index contributed by atoms with van der Waals surface area (Å²) in [5.41, 5.74) is 5.70. The number of benzene rings is 1. The minimum Gasteiger partial charge on any atom is -0.398 e. The van der Waals surface area contributed by atoms with Gasteiger partial charge in [0.15, 0.2) is 5.94 Å². The first kappa shape index (κ1) is 12.3. The molecule has 0 fully saturated rings. The zero-order valence-corrected chi connectivity index (χ0v) is 9.81. The Bertz CT molecular complexity index is 424. The van der Waals surface area contributed by atoms with Crippen LogP contribution in [-0.2, 0) is 14.6 Å². The molecule has 0 aliphatic rings. The summed E-state index contributed by atoms with van der Waals surface area (Å²) in [6.07, 6.45) is 0. The molecule has 0 saturated heterocycles. The molecule has 1 aromatic carbocycles. The molecular formula is C9H12ClNO3S. The number of anilines is 1. The second-order valence-corrected chi connectivity index (χ2v) is 5.16. The van der Waals surface area contributed by atoms with Gasteiger partial charge >= 0.3 is 0 Å². The van der Waals surface area contributed by atoms with Crippen LogP contribution in [0.2, 0.25) is 5.02 Å². The van der Waals surface area contributed by atoms with Gasteiger partial charge in [0, 0.05) is 6.61 Å². The highest BCUT2D eigenvalue weighted by Gasteiger charge is 2.20. The Balaban J connectivity index is 3.15. The van der Waals surface area contributed by atoms with Crippen molar-refractivity contribution in [3.05, 3.63) is 23.2 Å². The number of ether oxygens (including phenoxy) is 1. The number of hydrogen-bond acceptors (Lipinski definition) is 4. The van der Waals surface area contributed by atoms with Gasteiger partial charge in [0.05, 0.1) is 10.7 Å². The molecule has 6 heteroatoms. The summed E-state index contributed by atoms with van der Waals surface area (Å²) in [4.78, 5) is -0.0554. The Morgan fingerprint density at radius 3 is 2.67 bits per heavy atom. The maximum atomic E-state index is 11.7. The van der Waals surface area contributed by atoms with Crippen LogP contribution in [0.1, 0.15) is 6.92 Å². The molecular weight excluding hydrogens is 238 g/mol. The van der Waals surface area contributed by atoms with Crippen molar-refractivity contribution in [1.82, 2.24) is 0 Å². The molecule has 15 heavy (non-hydrogen) atoms. The first-order chi connectivity index (χ1) is 6.99. The minimum atomic E-state index is -3.56. The van der Waals surface area contributed by atoms with E-state index in [4.69, 9.17) is 22.1 Å². The lowest BCUT2D eigenvalue weighted by molar-refractivity contribution is 0.192. The van der Waals surface area contributed by atoms with E-state index in [2.05, 4.69) is 0 Å². The molecule has 4 nitrogen and oxygen atoms in total. The van der Waals surface area contributed by atoms with E-state index < -0.39 is 15.8 Å². The van der Waals surface area contributed by atoms with Crippen LogP contribution in [0.5, 0.6) is 0 Å². The summed E-state index contributed by atoms with van der Waals surface area (Å²) >= 11 is 5.78. The highest BCUT2D eigenvalue weighted by molar-refractivity contribution is 7.91. The van der Waals surface area contributed by atoms with Crippen LogP contribution >= 0.6 is 11.6 Å². The molecule has 0 aromatic heterocycles. The third kappa shape index (κ3) is 2.84. The molecule has 1 rings (SSSR count). The lowest BCUT2D eigenvalue weighted by Gasteiger charge is -2.08. The van der Waals surface area contributed by atoms with Crippen molar-refractivity contribution in [3.8, 4) is 0 Å². The van der Waals surface area contributed by atoms with E-state index in [1.54, 1.807) is 13.0 Å². The van der Waals surface area contributed by atoms with Gasteiger partial charge in [-0.1, -0.05) is 17.7 Å². The van der Waals surface area contributed by atoms with E-state index in [9.17, 15) is 8.42 Å². The van der Waals surface area contributed by atoms with Crippen molar-refractivity contribution in [2.75, 3.05) is 18.3 Å². The van der Waals surface area contributed by atoms with Gasteiger partial charge in [0.25, 0.3) is 0 Å². The topological polar surface area (TPSA) is 69.4 Å². The fourth-order valence-corrected chi connectivity index (χ4v) is 2.94. The van der Waals surface area contributed by atoms with E-state index in [0.29, 0.717) is 6.61 Å². The fourth-order valence-electron chi connectivity index (χ4n) is 1.11. The second kappa shape index (κ2) is 4.83. The van der Waals surface area contributed by atoms with Crippen LogP contribution in [-0.4, -0.2) is 21.0 Å². The maximum absolute atomic E-state index is 11.7. The predicted octanol–water partition coefficient (Wildman–Crippen LogP) is 1.69. The molecule has 0 heterocycles. The molecule has 0 saturated carbocycles. The van der Waals surface area contributed by atoms with E-state index in [1.165, 1.54) is 12.1 Å². The Morgan fingerprint density at radius 1 is 1.47 bits per heavy atom. The van der Waals surface area contributed by atoms with Gasteiger partial charge in [-0.15, -0.1) is 0 Å². The summed E-state index contributed by atoms with van der Waals surface area (Å²) in [6, 6.07) is 4.57. The molecule has 84 valence electrons. The zero-order valence-electron chi connectivity index (χ0n) is 8.23. The number of rotatable bonds is 4. The van der Waals surface area contributed by atoms with Crippen molar-refractivity contribution < 1.29 is 13.2 Å². The van der Waals surface area contributed by atoms with Gasteiger partial charge in [-0.3, -0.25) is 0 Å². The Labute approximate surface area is 93.9 Å². The normalized spacial score (nSPS) is 11.6. The number of nitrogen functional groups attached to an aromatic ring is 1. The van der Waals surface area contributed by atoms with Crippen molar-refractivity contribution in [2.45, 2.75) is 11.8 Å². The van der Waals surface area contributed by atoms with Crippen LogP contribution in [0.4, 0.5) is 5.69 Å². The predicted molar refractivity (Wildman–Crippen MR) is 59.5 cm³/mol. The third-order valence-corrected chi connectivity index (χ3v) is 3.73. The third-order valence-electron chi connectivity index (χ3n) is 1.75. The molecule has 1 aromatic rings. The van der Waals surface area contributed by atoms with E-state index in [-0.39, 0.29) is 15.6 Å². The van der Waals surface area contributed by atoms with Gasteiger partial charge in [0.1, 0.15) is 4.90 Å². The average molecular weight is 250 g/mol. The first-order valence-corrected chi connectivity index (χ1v) is 6.36. The van der Waals surface area contributed by atoms with E-state index in [1.807, 2.05) is 0 Å². The molecule has 0 bridgehead atoms. The number of nitrogens with two attached hydrogens (primary N) is 1. The van der Waals surface area contributed by atoms with Crippen LogP contribution in [0.25, 0.3) is 0 Å². The van der Waals surface area contributed by atoms with E-state index >= 15 is 0 Å². The van der Waals surface area contributed by atoms with Crippen LogP contribution < -0.4 is 5.73 Å². The van der Waals surface area contributed by atoms with Crippen LogP contribution in [0.15, 0.2) is 23.1 Å². The average Bonchev–Trinajstić information content (AvgIpc) is 2.14. The molecule has 0 unspecified atom stereocenters. The lowest BCUT2D eigenvalue weighted by Crippen LogP contribution is -2.12. The van der Waals surface area contributed by atoms with Crippen molar-refractivity contribution >= 4 is 27.1 Å². The van der Waals surface area contributed by atoms with Gasteiger partial charge < -0.3 is 10.5 Å². The molecule has 0 aliphatic heterocycles. The van der Waals surface area contributed by atoms with Gasteiger partial charge in [0.2, 0.25) is 9.84 Å². The van der Waals surface area contributed by atoms with Gasteiger partial charge in [-0.05, 0) is 19.1 Å². The smallest absolute Gasteiger partial charge is 0.205 e. The van der Waals surface area contributed by atoms with Crippen molar-refractivity contribution in [2.24, 2.45) is 0 Å². The molecule has 0 radical (unpaired) electrons. The number of sulfone groups is 1. The lowest BCUT2D eigenvalue weighted by atomic mass is 10.3. The largest absolute Gasteiger partial charge is 0.398 e. The highest BCUT2D eigenvalue weighted by atomic mass is 35.5. The SMILES string of the molecule is CCOCS(=O)(=O)c1c(N)cccc1Cl. The maximum Gasteiger partial charge on any atom is 0.205 e. The Morgan fingerprint density at radius 2 is 2.13 bits per heavy atom. The summed E-state index contributed by atoms with van der Waals surface area (Å²) in [6.45, 7) is 2.04. The molecule has 2 N–H and O–H groups in total. The second-order valence-electron chi connectivity index (χ2n) is 2.88. The Kier molecular flexibility index (Phi) is 3.96. The Hall–Kier alpha value is -0.780. The van der Waals surface area contributed by atoms with Gasteiger partial charge in [-0.25, -0.2) is 8.42 Å². The number of halogens is 1. The van der Waals surface area contributed by atoms with Crippen molar-refractivity contribution in [3.63, 3.8) is 0 Å². The molecule has 0 spiro atoms. The zero-order chi connectivity index (χ0) is 11.5. The monoisotopic (exact) mass is 249 g/mol. The highest BCUT2D eigenvalue weighted by Crippen LogP contribution is 2.27. The van der Waals surface area contributed by atoms with E-state index in [0.717, 1.165) is 0 Å². The van der Waals surface area contributed by atoms with Crippen molar-refractivity contribution in [1.29, 1.82) is 0 Å².